The van der Waals surface area contributed by atoms with Crippen LogP contribution in [-0.2, 0) is 60.3 Å². The average molecular weight is 1900 g/mol. The number of rotatable bonds is 18. The van der Waals surface area contributed by atoms with Crippen molar-refractivity contribution in [3.05, 3.63) is 265 Å². The molecule has 101 heavy (non-hydrogen) atoms. The molecule has 0 amide bonds. The molecule has 3 radical (unpaired) electrons. The van der Waals surface area contributed by atoms with E-state index in [2.05, 4.69) is 66.3 Å². The van der Waals surface area contributed by atoms with Gasteiger partial charge in [-0.05, 0) is 156 Å². The first-order valence-electron chi connectivity index (χ1n) is 32.5. The van der Waals surface area contributed by atoms with Gasteiger partial charge in [-0.2, -0.15) is 0 Å². The van der Waals surface area contributed by atoms with Crippen molar-refractivity contribution < 1.29 is 110 Å². The van der Waals surface area contributed by atoms with E-state index in [1.165, 1.54) is 0 Å². The maximum atomic E-state index is 8.56. The molecule has 0 bridgehead atoms. The van der Waals surface area contributed by atoms with Crippen molar-refractivity contribution in [3.8, 4) is 90.9 Å². The molecule has 11 aromatic rings. The SMILES string of the molecule is CC(O)CC(C)O.CC(O)CC(C)O.CC(O)CC(C)O.Cc1cnc(-c2[c-]cc(Oc3ccccc3)c(-c3ccccc3)c2)c(C)n1.Cc1cnc(-c2[c-]cc(Oc3ccccc3)c(C)c2)c(C)n1.Cc1cnc(-c2[c-]cc(Oc3ccccc3)cc2Oc2ccccc2)c(C)n1.[Ir].[Ir].[Ir]. The van der Waals surface area contributed by atoms with Gasteiger partial charge < -0.3 is 64.5 Å². The van der Waals surface area contributed by atoms with Crippen molar-refractivity contribution in [2.24, 2.45) is 0 Å². The minimum atomic E-state index is -0.375. The smallest absolute Gasteiger partial charge is 0.114 e. The van der Waals surface area contributed by atoms with E-state index < -0.39 is 0 Å². The van der Waals surface area contributed by atoms with Gasteiger partial charge in [0.15, 0.2) is 0 Å². The molecular weight excluding hydrogens is 1810 g/mol. The Hall–Kier alpha value is -8.09. The molecule has 0 saturated carbocycles. The summed E-state index contributed by atoms with van der Waals surface area (Å²) >= 11 is 0. The summed E-state index contributed by atoms with van der Waals surface area (Å²) in [6, 6.07) is 70.3. The van der Waals surface area contributed by atoms with Gasteiger partial charge >= 0.3 is 0 Å². The van der Waals surface area contributed by atoms with Gasteiger partial charge in [-0.25, -0.2) is 0 Å². The quantitative estimate of drug-likeness (QED) is 0.0438. The Balaban J connectivity index is 0.000000341. The number of aliphatic hydroxyl groups excluding tert-OH is 6. The zero-order valence-corrected chi connectivity index (χ0v) is 66.4. The van der Waals surface area contributed by atoms with E-state index in [-0.39, 0.29) is 96.9 Å². The molecular formula is C82H91Ir3N6O10-3. The largest absolute Gasteiger partial charge is 0.502 e. The van der Waals surface area contributed by atoms with E-state index in [0.717, 1.165) is 119 Å². The van der Waals surface area contributed by atoms with E-state index in [0.29, 0.717) is 30.8 Å². The molecule has 11 rings (SSSR count). The molecule has 6 atom stereocenters. The van der Waals surface area contributed by atoms with E-state index in [1.54, 1.807) is 66.2 Å². The number of aryl methyl sites for hydroxylation is 7. The van der Waals surface area contributed by atoms with Crippen molar-refractivity contribution in [1.29, 1.82) is 0 Å². The van der Waals surface area contributed by atoms with Crippen LogP contribution in [-0.4, -0.2) is 97.2 Å². The van der Waals surface area contributed by atoms with Gasteiger partial charge in [-0.3, -0.25) is 15.0 Å². The van der Waals surface area contributed by atoms with Gasteiger partial charge in [0.25, 0.3) is 0 Å². The fourth-order valence-electron chi connectivity index (χ4n) is 9.68. The van der Waals surface area contributed by atoms with Crippen LogP contribution in [0.5, 0.6) is 46.0 Å². The topological polar surface area (TPSA) is 236 Å². The molecule has 3 heterocycles. The van der Waals surface area contributed by atoms with E-state index in [1.807, 2.05) is 212 Å². The summed E-state index contributed by atoms with van der Waals surface area (Å²) in [5.74, 6) is 5.90. The van der Waals surface area contributed by atoms with Crippen LogP contribution in [0.2, 0.25) is 0 Å². The Morgan fingerprint density at radius 2 is 0.653 bits per heavy atom. The van der Waals surface area contributed by atoms with Crippen LogP contribution in [0.4, 0.5) is 0 Å². The van der Waals surface area contributed by atoms with Crippen LogP contribution in [0.15, 0.2) is 207 Å². The molecule has 0 spiro atoms. The monoisotopic (exact) mass is 1900 g/mol. The van der Waals surface area contributed by atoms with Crippen LogP contribution in [0, 0.1) is 66.7 Å². The predicted molar refractivity (Wildman–Crippen MR) is 388 cm³/mol. The van der Waals surface area contributed by atoms with Crippen LogP contribution >= 0.6 is 0 Å². The minimum Gasteiger partial charge on any atom is -0.502 e. The Kier molecular flexibility index (Phi) is 39.4. The van der Waals surface area contributed by atoms with Gasteiger partial charge in [0.2, 0.25) is 0 Å². The van der Waals surface area contributed by atoms with Crippen molar-refractivity contribution in [2.75, 3.05) is 0 Å². The first-order valence-corrected chi connectivity index (χ1v) is 32.5. The molecule has 539 valence electrons. The standard InChI is InChI=1S/C24H19N2O2.C24H19N2O.C19H17N2O.3C5H12O2.3Ir/c1-17-16-25-24(18(2)26-17)22-14-13-21(27-19-9-5-3-6-10-19)15-23(22)28-20-11-7-4-8-12-20;1-17-16-25-24(18(2)26-17)20-13-14-23(27-21-11-7-4-8-12-21)22(15-20)19-9-5-3-6-10-19;1-13-11-16(19-15(3)21-14(2)12-20-19)9-10-18(13)22-17-7-5-4-6-8-17;3*1-4(6)3-5(2)7;;;/h3-13,15-16H,1-2H3;3-12,14-16H,1-2H3;4-8,10-12H,1-3H3;3*4-7H,3H2,1-2H3;;;/q3*-1;;;;;;. The summed E-state index contributed by atoms with van der Waals surface area (Å²) < 4.78 is 24.1. The number of benzene rings is 8. The van der Waals surface area contributed by atoms with Crippen LogP contribution in [0.25, 0.3) is 44.9 Å². The van der Waals surface area contributed by atoms with Gasteiger partial charge in [0.1, 0.15) is 23.0 Å². The summed E-state index contributed by atoms with van der Waals surface area (Å²) in [5, 5.41) is 51.4. The van der Waals surface area contributed by atoms with E-state index in [9.17, 15) is 0 Å². The number of nitrogens with zero attached hydrogens (tertiary/aromatic N) is 6. The van der Waals surface area contributed by atoms with Crippen LogP contribution in [0.3, 0.4) is 0 Å². The molecule has 0 saturated heterocycles. The Morgan fingerprint density at radius 3 is 1.00 bits per heavy atom. The van der Waals surface area contributed by atoms with Crippen LogP contribution < -0.4 is 18.9 Å². The van der Waals surface area contributed by atoms with Crippen molar-refractivity contribution >= 4 is 0 Å². The van der Waals surface area contributed by atoms with Gasteiger partial charge in [-0.1, -0.05) is 133 Å². The first-order chi connectivity index (χ1) is 46.9. The van der Waals surface area contributed by atoms with E-state index >= 15 is 0 Å². The fraction of sp³-hybridized carbons (Fsp3) is 0.268. The van der Waals surface area contributed by atoms with Gasteiger partial charge in [0.05, 0.1) is 59.5 Å². The second-order valence-electron chi connectivity index (χ2n) is 23.8. The Labute approximate surface area is 636 Å². The van der Waals surface area contributed by atoms with Gasteiger partial charge in [0, 0.05) is 130 Å². The molecule has 3 aromatic heterocycles. The summed E-state index contributed by atoms with van der Waals surface area (Å²) in [5.41, 5.74) is 13.5. The van der Waals surface area contributed by atoms with Gasteiger partial charge in [-0.15, -0.1) is 59.7 Å². The number of hydrogen-bond donors (Lipinski definition) is 6. The summed E-state index contributed by atoms with van der Waals surface area (Å²) in [6.07, 6.45) is 4.48. The number of ether oxygens (including phenoxy) is 4. The summed E-state index contributed by atoms with van der Waals surface area (Å²) in [4.78, 5) is 27.1. The number of para-hydroxylation sites is 4. The minimum absolute atomic E-state index is 0. The zero-order valence-electron chi connectivity index (χ0n) is 59.2. The predicted octanol–water partition coefficient (Wildman–Crippen LogP) is 17.2. The summed E-state index contributed by atoms with van der Waals surface area (Å²) in [7, 11) is 0. The number of aliphatic hydroxyl groups is 6. The first kappa shape index (κ1) is 87.1. The molecule has 19 heteroatoms. The molecule has 0 aliphatic rings. The molecule has 6 N–H and O–H groups in total. The zero-order chi connectivity index (χ0) is 71.1. The maximum Gasteiger partial charge on any atom is 0.114 e. The molecule has 6 unspecified atom stereocenters. The van der Waals surface area contributed by atoms with Crippen molar-refractivity contribution in [3.63, 3.8) is 0 Å². The summed E-state index contributed by atoms with van der Waals surface area (Å²) in [6.45, 7) is 23.7. The maximum absolute atomic E-state index is 8.56. The number of aromatic nitrogens is 6. The Bertz CT molecular complexity index is 4090. The van der Waals surface area contributed by atoms with Crippen LogP contribution in [0.1, 0.15) is 101 Å². The van der Waals surface area contributed by atoms with E-state index in [4.69, 9.17) is 49.6 Å². The Morgan fingerprint density at radius 1 is 0.337 bits per heavy atom. The molecule has 8 aromatic carbocycles. The third kappa shape index (κ3) is 31.4. The third-order valence-corrected chi connectivity index (χ3v) is 13.9. The number of hydrogen-bond acceptors (Lipinski definition) is 16. The van der Waals surface area contributed by atoms with Crippen molar-refractivity contribution in [1.82, 2.24) is 29.9 Å². The average Bonchev–Trinajstić information content (AvgIpc) is 0.813. The normalized spacial score (nSPS) is 12.0. The van der Waals surface area contributed by atoms with Crippen molar-refractivity contribution in [2.45, 2.75) is 146 Å². The second kappa shape index (κ2) is 45.7. The molecule has 0 aliphatic carbocycles. The molecule has 16 nitrogen and oxygen atoms in total. The second-order valence-corrected chi connectivity index (χ2v) is 23.8. The fourth-order valence-corrected chi connectivity index (χ4v) is 9.68. The third-order valence-electron chi connectivity index (χ3n) is 13.9. The molecule has 0 aliphatic heterocycles. The molecule has 0 fully saturated rings.